The Morgan fingerprint density at radius 1 is 1.25 bits per heavy atom. The molecule has 2 heterocycles. The number of aromatic amines is 1. The fourth-order valence-corrected chi connectivity index (χ4v) is 4.06. The molecule has 3 atom stereocenters. The van der Waals surface area contributed by atoms with Crippen LogP contribution in [0.3, 0.4) is 0 Å². The third kappa shape index (κ3) is 2.02. The van der Waals surface area contributed by atoms with Crippen LogP contribution >= 0.6 is 24.0 Å². The third-order valence-electron chi connectivity index (χ3n) is 4.70. The molecule has 20 heavy (non-hydrogen) atoms. The number of hydrogen-bond acceptors (Lipinski definition) is 3. The van der Waals surface area contributed by atoms with Crippen molar-refractivity contribution in [1.82, 2.24) is 15.5 Å². The molecular formula is C14H17Cl2N3O. The van der Waals surface area contributed by atoms with Gasteiger partial charge in [0.15, 0.2) is 0 Å². The second kappa shape index (κ2) is 4.88. The first-order valence-corrected chi connectivity index (χ1v) is 7.10. The molecule has 6 heteroatoms. The van der Waals surface area contributed by atoms with E-state index in [1.807, 2.05) is 12.1 Å². The van der Waals surface area contributed by atoms with Gasteiger partial charge in [-0.25, -0.2) is 0 Å². The summed E-state index contributed by atoms with van der Waals surface area (Å²) in [5.41, 5.74) is 1.06. The lowest BCUT2D eigenvalue weighted by Gasteiger charge is -2.25. The van der Waals surface area contributed by atoms with Crippen molar-refractivity contribution in [1.29, 1.82) is 0 Å². The van der Waals surface area contributed by atoms with Gasteiger partial charge in [0.1, 0.15) is 0 Å². The highest BCUT2D eigenvalue weighted by molar-refractivity contribution is 6.31. The number of nitrogens with zero attached hydrogens (tertiary/aromatic N) is 1. The minimum atomic E-state index is -0.759. The fraction of sp³-hybridized carbons (Fsp3) is 0.500. The molecule has 4 nitrogen and oxygen atoms in total. The van der Waals surface area contributed by atoms with Crippen LogP contribution in [0.25, 0.3) is 10.9 Å². The predicted octanol–water partition coefficient (Wildman–Crippen LogP) is 2.46. The van der Waals surface area contributed by atoms with Gasteiger partial charge in [-0.2, -0.15) is 5.10 Å². The van der Waals surface area contributed by atoms with E-state index in [1.165, 1.54) is 0 Å². The van der Waals surface area contributed by atoms with Crippen LogP contribution in [0, 0.1) is 11.8 Å². The van der Waals surface area contributed by atoms with E-state index in [0.717, 1.165) is 42.4 Å². The van der Waals surface area contributed by atoms with Gasteiger partial charge in [-0.05, 0) is 55.5 Å². The Balaban J connectivity index is 0.00000121. The number of rotatable bonds is 1. The van der Waals surface area contributed by atoms with Gasteiger partial charge in [0.2, 0.25) is 0 Å². The van der Waals surface area contributed by atoms with Gasteiger partial charge in [0, 0.05) is 10.4 Å². The van der Waals surface area contributed by atoms with Gasteiger partial charge in [-0.15, -0.1) is 12.4 Å². The van der Waals surface area contributed by atoms with Crippen LogP contribution in [0.5, 0.6) is 0 Å². The van der Waals surface area contributed by atoms with E-state index in [2.05, 4.69) is 15.5 Å². The van der Waals surface area contributed by atoms with E-state index >= 15 is 0 Å². The van der Waals surface area contributed by atoms with Gasteiger partial charge in [-0.1, -0.05) is 11.6 Å². The Morgan fingerprint density at radius 3 is 2.65 bits per heavy atom. The molecule has 2 aromatic rings. The SMILES string of the molecule is Cl.O[C@]1(c2cc(Cl)cc3[nH]ncc23)C[C@H]2CNC[C@H]2C1. The summed E-state index contributed by atoms with van der Waals surface area (Å²) in [6.07, 6.45) is 3.40. The Morgan fingerprint density at radius 2 is 1.95 bits per heavy atom. The van der Waals surface area contributed by atoms with Gasteiger partial charge in [-0.3, -0.25) is 5.10 Å². The van der Waals surface area contributed by atoms with Crippen molar-refractivity contribution in [2.75, 3.05) is 13.1 Å². The molecule has 1 aromatic carbocycles. The fourth-order valence-electron chi connectivity index (χ4n) is 3.84. The number of aromatic nitrogens is 2. The molecule has 0 spiro atoms. The highest BCUT2D eigenvalue weighted by Gasteiger charge is 2.47. The Labute approximate surface area is 128 Å². The van der Waals surface area contributed by atoms with Crippen LogP contribution in [0.4, 0.5) is 0 Å². The number of aliphatic hydroxyl groups is 1. The highest BCUT2D eigenvalue weighted by Crippen LogP contribution is 2.49. The summed E-state index contributed by atoms with van der Waals surface area (Å²) < 4.78 is 0. The van der Waals surface area contributed by atoms with Crippen LogP contribution in [0.2, 0.25) is 5.02 Å². The Kier molecular flexibility index (Phi) is 3.45. The first kappa shape index (κ1) is 14.1. The second-order valence-electron chi connectivity index (χ2n) is 5.90. The molecule has 1 aliphatic heterocycles. The maximum absolute atomic E-state index is 11.1. The maximum Gasteiger partial charge on any atom is 0.0910 e. The quantitative estimate of drug-likeness (QED) is 0.758. The molecule has 1 aliphatic carbocycles. The second-order valence-corrected chi connectivity index (χ2v) is 6.34. The van der Waals surface area contributed by atoms with E-state index in [9.17, 15) is 5.11 Å². The van der Waals surface area contributed by atoms with Gasteiger partial charge < -0.3 is 10.4 Å². The van der Waals surface area contributed by atoms with Crippen molar-refractivity contribution in [3.8, 4) is 0 Å². The minimum absolute atomic E-state index is 0. The predicted molar refractivity (Wildman–Crippen MR) is 81.3 cm³/mol. The molecule has 3 N–H and O–H groups in total. The van der Waals surface area contributed by atoms with E-state index < -0.39 is 5.60 Å². The zero-order valence-corrected chi connectivity index (χ0v) is 12.5. The van der Waals surface area contributed by atoms with Crippen LogP contribution in [0.15, 0.2) is 18.3 Å². The molecule has 0 amide bonds. The lowest BCUT2D eigenvalue weighted by atomic mass is 9.88. The number of halogens is 2. The first-order valence-electron chi connectivity index (χ1n) is 6.72. The van der Waals surface area contributed by atoms with Crippen molar-refractivity contribution in [2.24, 2.45) is 11.8 Å². The van der Waals surface area contributed by atoms with Gasteiger partial charge in [0.05, 0.1) is 17.3 Å². The summed E-state index contributed by atoms with van der Waals surface area (Å²) in [4.78, 5) is 0. The lowest BCUT2D eigenvalue weighted by Crippen LogP contribution is -2.25. The van der Waals surface area contributed by atoms with Crippen LogP contribution in [-0.4, -0.2) is 28.4 Å². The molecule has 2 fully saturated rings. The van der Waals surface area contributed by atoms with E-state index in [4.69, 9.17) is 11.6 Å². The van der Waals surface area contributed by atoms with E-state index in [0.29, 0.717) is 16.9 Å². The van der Waals surface area contributed by atoms with E-state index in [1.54, 1.807) is 6.20 Å². The Bertz CT molecular complexity index is 630. The van der Waals surface area contributed by atoms with Crippen molar-refractivity contribution in [2.45, 2.75) is 18.4 Å². The van der Waals surface area contributed by atoms with Crippen LogP contribution < -0.4 is 5.32 Å². The van der Waals surface area contributed by atoms with Gasteiger partial charge in [0.25, 0.3) is 0 Å². The standard InChI is InChI=1S/C14H16ClN3O.ClH/c15-10-1-12(11-7-17-18-13(11)2-10)14(19)3-8-5-16-6-9(8)4-14;/h1-2,7-9,16,19H,3-6H2,(H,17,18);1H/t8-,9+,14+;. The van der Waals surface area contributed by atoms with Crippen molar-refractivity contribution in [3.05, 3.63) is 28.9 Å². The number of nitrogens with one attached hydrogen (secondary N) is 2. The summed E-state index contributed by atoms with van der Waals surface area (Å²) in [5, 5.41) is 23.1. The maximum atomic E-state index is 11.1. The third-order valence-corrected chi connectivity index (χ3v) is 4.92. The largest absolute Gasteiger partial charge is 0.385 e. The molecule has 1 aromatic heterocycles. The summed E-state index contributed by atoms with van der Waals surface area (Å²) in [5.74, 6) is 1.15. The molecule has 1 saturated carbocycles. The molecule has 108 valence electrons. The minimum Gasteiger partial charge on any atom is -0.385 e. The lowest BCUT2D eigenvalue weighted by molar-refractivity contribution is 0.0374. The van der Waals surface area contributed by atoms with Gasteiger partial charge >= 0.3 is 0 Å². The first-order chi connectivity index (χ1) is 9.16. The average Bonchev–Trinajstić information content (AvgIpc) is 3.01. The number of hydrogen-bond donors (Lipinski definition) is 3. The molecule has 0 unspecified atom stereocenters. The zero-order valence-electron chi connectivity index (χ0n) is 10.9. The van der Waals surface area contributed by atoms with Crippen LogP contribution in [-0.2, 0) is 5.60 Å². The normalized spacial score (nSPS) is 32.3. The summed E-state index contributed by atoms with van der Waals surface area (Å²) in [7, 11) is 0. The zero-order chi connectivity index (χ0) is 13.0. The van der Waals surface area contributed by atoms with E-state index in [-0.39, 0.29) is 12.4 Å². The monoisotopic (exact) mass is 313 g/mol. The molecular weight excluding hydrogens is 297 g/mol. The van der Waals surface area contributed by atoms with Crippen molar-refractivity contribution in [3.63, 3.8) is 0 Å². The van der Waals surface area contributed by atoms with Crippen molar-refractivity contribution < 1.29 is 5.11 Å². The van der Waals surface area contributed by atoms with Crippen LogP contribution in [0.1, 0.15) is 18.4 Å². The molecule has 4 rings (SSSR count). The van der Waals surface area contributed by atoms with Crippen molar-refractivity contribution >= 4 is 34.9 Å². The molecule has 1 saturated heterocycles. The Hall–Kier alpha value is -0.810. The summed E-state index contributed by atoms with van der Waals surface area (Å²) >= 11 is 6.17. The number of H-pyrrole nitrogens is 1. The molecule has 2 aliphatic rings. The topological polar surface area (TPSA) is 60.9 Å². The molecule has 0 radical (unpaired) electrons. The summed E-state index contributed by atoms with van der Waals surface area (Å²) in [6, 6.07) is 3.75. The molecule has 0 bridgehead atoms. The average molecular weight is 314 g/mol. The highest BCUT2D eigenvalue weighted by atomic mass is 35.5. The number of fused-ring (bicyclic) bond motifs is 2. The number of benzene rings is 1. The smallest absolute Gasteiger partial charge is 0.0910 e. The summed E-state index contributed by atoms with van der Waals surface area (Å²) in [6.45, 7) is 2.03.